The number of nitrogens with zero attached hydrogens (tertiary/aromatic N) is 3. The zero-order valence-electron chi connectivity index (χ0n) is 19.2. The largest absolute Gasteiger partial charge is 0.468 e. The Morgan fingerprint density at radius 2 is 1.75 bits per heavy atom. The molecule has 32 heavy (non-hydrogen) atoms. The van der Waals surface area contributed by atoms with Crippen LogP contribution in [0.3, 0.4) is 0 Å². The van der Waals surface area contributed by atoms with Crippen molar-refractivity contribution < 1.29 is 9.53 Å². The highest BCUT2D eigenvalue weighted by Gasteiger charge is 2.43. The van der Waals surface area contributed by atoms with E-state index in [9.17, 15) is 4.79 Å². The SMILES string of the molecule is COC(=O)C1(c2ccccc2)CCN(Cc2cccc(Cc3cnc(C)nc3C)c2)CC1. The maximum Gasteiger partial charge on any atom is 0.316 e. The summed E-state index contributed by atoms with van der Waals surface area (Å²) in [4.78, 5) is 24.0. The van der Waals surface area contributed by atoms with Gasteiger partial charge in [0.05, 0.1) is 12.5 Å². The first-order valence-corrected chi connectivity index (χ1v) is 11.2. The standard InChI is InChI=1S/C27H31N3O2/c1-20-24(18-28-21(2)29-20)17-22-8-7-9-23(16-22)19-30-14-12-27(13-15-30,26(31)32-3)25-10-5-4-6-11-25/h4-11,16,18H,12-15,17,19H2,1-3H3. The molecule has 1 aliphatic heterocycles. The Morgan fingerprint density at radius 1 is 1.03 bits per heavy atom. The number of likely N-dealkylation sites (tertiary alicyclic amines) is 1. The van der Waals surface area contributed by atoms with E-state index in [0.717, 1.165) is 61.5 Å². The number of carbonyl (C=O) groups excluding carboxylic acids is 1. The van der Waals surface area contributed by atoms with Gasteiger partial charge in [-0.1, -0.05) is 54.6 Å². The van der Waals surface area contributed by atoms with E-state index in [4.69, 9.17) is 4.74 Å². The van der Waals surface area contributed by atoms with E-state index in [1.165, 1.54) is 18.2 Å². The maximum absolute atomic E-state index is 12.8. The lowest BCUT2D eigenvalue weighted by molar-refractivity contribution is -0.149. The normalized spacial score (nSPS) is 16.0. The number of rotatable bonds is 6. The van der Waals surface area contributed by atoms with Crippen LogP contribution in [0.1, 0.15) is 46.6 Å². The third-order valence-corrected chi connectivity index (χ3v) is 6.61. The molecule has 0 radical (unpaired) electrons. The van der Waals surface area contributed by atoms with Crippen LogP contribution in [0.4, 0.5) is 0 Å². The second-order valence-corrected chi connectivity index (χ2v) is 8.74. The van der Waals surface area contributed by atoms with E-state index >= 15 is 0 Å². The van der Waals surface area contributed by atoms with Gasteiger partial charge in [0.2, 0.25) is 0 Å². The zero-order chi connectivity index (χ0) is 22.6. The molecule has 0 bridgehead atoms. The fourth-order valence-electron chi connectivity index (χ4n) is 4.75. The second kappa shape index (κ2) is 9.61. The van der Waals surface area contributed by atoms with Crippen LogP contribution in [-0.4, -0.2) is 41.0 Å². The molecule has 1 fully saturated rings. The third-order valence-electron chi connectivity index (χ3n) is 6.61. The smallest absolute Gasteiger partial charge is 0.316 e. The lowest BCUT2D eigenvalue weighted by atomic mass is 9.72. The summed E-state index contributed by atoms with van der Waals surface area (Å²) >= 11 is 0. The molecule has 1 aromatic heterocycles. The van der Waals surface area contributed by atoms with Crippen LogP contribution in [0.2, 0.25) is 0 Å². The summed E-state index contributed by atoms with van der Waals surface area (Å²) < 4.78 is 5.22. The number of methoxy groups -OCH3 is 1. The van der Waals surface area contributed by atoms with Crippen LogP contribution >= 0.6 is 0 Å². The van der Waals surface area contributed by atoms with Gasteiger partial charge in [-0.15, -0.1) is 0 Å². The summed E-state index contributed by atoms with van der Waals surface area (Å²) in [6.07, 6.45) is 4.30. The Labute approximate surface area is 190 Å². The van der Waals surface area contributed by atoms with Gasteiger partial charge in [-0.05, 0) is 62.0 Å². The van der Waals surface area contributed by atoms with E-state index in [2.05, 4.69) is 39.1 Å². The van der Waals surface area contributed by atoms with E-state index < -0.39 is 5.41 Å². The predicted octanol–water partition coefficient (Wildman–Crippen LogP) is 4.39. The summed E-state index contributed by atoms with van der Waals surface area (Å²) in [5.41, 5.74) is 5.28. The van der Waals surface area contributed by atoms with E-state index in [-0.39, 0.29) is 5.97 Å². The van der Waals surface area contributed by atoms with Gasteiger partial charge in [-0.3, -0.25) is 9.69 Å². The maximum atomic E-state index is 12.8. The number of hydrogen-bond donors (Lipinski definition) is 0. The molecule has 0 aliphatic carbocycles. The highest BCUT2D eigenvalue weighted by atomic mass is 16.5. The van der Waals surface area contributed by atoms with Crippen molar-refractivity contribution >= 4 is 5.97 Å². The summed E-state index contributed by atoms with van der Waals surface area (Å²) in [6.45, 7) is 6.56. The highest BCUT2D eigenvalue weighted by Crippen LogP contribution is 2.37. The van der Waals surface area contributed by atoms with Crippen LogP contribution in [0, 0.1) is 13.8 Å². The van der Waals surface area contributed by atoms with Crippen molar-refractivity contribution in [2.75, 3.05) is 20.2 Å². The first kappa shape index (κ1) is 22.2. The fraction of sp³-hybridized carbons (Fsp3) is 0.370. The molecular formula is C27H31N3O2. The summed E-state index contributed by atoms with van der Waals surface area (Å²) in [5, 5.41) is 0. The second-order valence-electron chi connectivity index (χ2n) is 8.74. The number of carbonyl (C=O) groups is 1. The molecule has 0 amide bonds. The van der Waals surface area contributed by atoms with Crippen molar-refractivity contribution in [3.8, 4) is 0 Å². The molecule has 1 aliphatic rings. The molecule has 2 aromatic carbocycles. The van der Waals surface area contributed by atoms with Crippen LogP contribution in [0.15, 0.2) is 60.8 Å². The fourth-order valence-corrected chi connectivity index (χ4v) is 4.75. The first-order valence-electron chi connectivity index (χ1n) is 11.2. The highest BCUT2D eigenvalue weighted by molar-refractivity contribution is 5.83. The Balaban J connectivity index is 1.44. The zero-order valence-corrected chi connectivity index (χ0v) is 19.2. The Hall–Kier alpha value is -3.05. The molecule has 4 rings (SSSR count). The predicted molar refractivity (Wildman–Crippen MR) is 125 cm³/mol. The molecule has 166 valence electrons. The Morgan fingerprint density at radius 3 is 2.44 bits per heavy atom. The van der Waals surface area contributed by atoms with Crippen molar-refractivity contribution in [2.45, 2.75) is 45.1 Å². The van der Waals surface area contributed by atoms with Gasteiger partial charge in [0.1, 0.15) is 5.82 Å². The quantitative estimate of drug-likeness (QED) is 0.544. The van der Waals surface area contributed by atoms with Crippen LogP contribution < -0.4 is 0 Å². The van der Waals surface area contributed by atoms with Gasteiger partial charge in [0, 0.05) is 24.9 Å². The molecule has 0 unspecified atom stereocenters. The molecule has 2 heterocycles. The molecule has 5 heteroatoms. The molecule has 0 N–H and O–H groups in total. The first-order chi connectivity index (χ1) is 15.5. The lowest BCUT2D eigenvalue weighted by Crippen LogP contribution is -2.47. The Kier molecular flexibility index (Phi) is 6.66. The third kappa shape index (κ3) is 4.73. The van der Waals surface area contributed by atoms with E-state index in [0.29, 0.717) is 0 Å². The van der Waals surface area contributed by atoms with Gasteiger partial charge < -0.3 is 4.74 Å². The van der Waals surface area contributed by atoms with Crippen molar-refractivity contribution in [2.24, 2.45) is 0 Å². The Bertz CT molecular complexity index is 1070. The molecule has 0 spiro atoms. The van der Waals surface area contributed by atoms with E-state index in [1.54, 1.807) is 0 Å². The average molecular weight is 430 g/mol. The van der Waals surface area contributed by atoms with Crippen LogP contribution in [-0.2, 0) is 27.9 Å². The summed E-state index contributed by atoms with van der Waals surface area (Å²) in [6, 6.07) is 18.8. The number of aromatic nitrogens is 2. The number of aryl methyl sites for hydroxylation is 2. The van der Waals surface area contributed by atoms with Gasteiger partial charge in [0.15, 0.2) is 0 Å². The molecule has 1 saturated heterocycles. The molecular weight excluding hydrogens is 398 g/mol. The van der Waals surface area contributed by atoms with Crippen molar-refractivity contribution in [1.29, 1.82) is 0 Å². The van der Waals surface area contributed by atoms with Crippen LogP contribution in [0.5, 0.6) is 0 Å². The summed E-state index contributed by atoms with van der Waals surface area (Å²) in [5.74, 6) is 0.685. The van der Waals surface area contributed by atoms with E-state index in [1.807, 2.05) is 50.4 Å². The molecule has 0 saturated carbocycles. The number of piperidine rings is 1. The van der Waals surface area contributed by atoms with Crippen molar-refractivity contribution in [1.82, 2.24) is 14.9 Å². The van der Waals surface area contributed by atoms with Gasteiger partial charge >= 0.3 is 5.97 Å². The lowest BCUT2D eigenvalue weighted by Gasteiger charge is -2.40. The number of benzene rings is 2. The van der Waals surface area contributed by atoms with Crippen LogP contribution in [0.25, 0.3) is 0 Å². The minimum Gasteiger partial charge on any atom is -0.468 e. The van der Waals surface area contributed by atoms with Gasteiger partial charge in [0.25, 0.3) is 0 Å². The van der Waals surface area contributed by atoms with Gasteiger partial charge in [-0.2, -0.15) is 0 Å². The van der Waals surface area contributed by atoms with Crippen molar-refractivity contribution in [3.63, 3.8) is 0 Å². The number of ether oxygens (including phenoxy) is 1. The minimum atomic E-state index is -0.544. The summed E-state index contributed by atoms with van der Waals surface area (Å²) in [7, 11) is 1.49. The minimum absolute atomic E-state index is 0.124. The topological polar surface area (TPSA) is 55.3 Å². The number of esters is 1. The molecule has 0 atom stereocenters. The molecule has 3 aromatic rings. The monoisotopic (exact) mass is 429 g/mol. The van der Waals surface area contributed by atoms with Gasteiger partial charge in [-0.25, -0.2) is 9.97 Å². The number of hydrogen-bond acceptors (Lipinski definition) is 5. The molecule has 5 nitrogen and oxygen atoms in total. The van der Waals surface area contributed by atoms with Crippen molar-refractivity contribution in [3.05, 3.63) is 94.6 Å². The average Bonchev–Trinajstić information content (AvgIpc) is 2.82.